The van der Waals surface area contributed by atoms with Gasteiger partial charge in [-0.1, -0.05) is 26.0 Å². The number of nitrogens with two attached hydrogens (primary N) is 1. The lowest BCUT2D eigenvalue weighted by atomic mass is 9.89. The monoisotopic (exact) mass is 314 g/mol. The highest BCUT2D eigenvalue weighted by molar-refractivity contribution is 5.99. The van der Waals surface area contributed by atoms with Gasteiger partial charge in [0.25, 0.3) is 5.91 Å². The fraction of sp³-hybridized carbons (Fsp3) is 0.333. The number of furan rings is 1. The van der Waals surface area contributed by atoms with Gasteiger partial charge >= 0.3 is 0 Å². The van der Waals surface area contributed by atoms with Gasteiger partial charge in [0.15, 0.2) is 0 Å². The van der Waals surface area contributed by atoms with E-state index in [0.717, 1.165) is 11.1 Å². The first kappa shape index (κ1) is 16.8. The summed E-state index contributed by atoms with van der Waals surface area (Å²) in [5.41, 5.74) is 6.65. The van der Waals surface area contributed by atoms with Crippen LogP contribution >= 0.6 is 0 Å². The molecule has 0 fully saturated rings. The third kappa shape index (κ3) is 4.00. The molecule has 0 aliphatic rings. The number of amides is 2. The first-order valence-electron chi connectivity index (χ1n) is 7.57. The Morgan fingerprint density at radius 2 is 2.00 bits per heavy atom. The van der Waals surface area contributed by atoms with Gasteiger partial charge in [-0.05, 0) is 43.0 Å². The quantitative estimate of drug-likeness (QED) is 0.859. The molecule has 0 saturated heterocycles. The molecule has 1 aromatic heterocycles. The van der Waals surface area contributed by atoms with Crippen LogP contribution < -0.4 is 11.1 Å². The van der Waals surface area contributed by atoms with Gasteiger partial charge in [0.05, 0.1) is 12.5 Å². The van der Waals surface area contributed by atoms with Crippen molar-refractivity contribution in [3.05, 3.63) is 48.4 Å². The van der Waals surface area contributed by atoms with Gasteiger partial charge in [-0.25, -0.2) is 0 Å². The number of nitrogens with one attached hydrogen (secondary N) is 1. The minimum Gasteiger partial charge on any atom is -0.472 e. The molecule has 5 nitrogen and oxygen atoms in total. The average Bonchev–Trinajstić information content (AvgIpc) is 3.00. The third-order valence-corrected chi connectivity index (χ3v) is 3.73. The summed E-state index contributed by atoms with van der Waals surface area (Å²) in [5.74, 6) is -0.632. The van der Waals surface area contributed by atoms with Crippen LogP contribution in [0.5, 0.6) is 0 Å². The van der Waals surface area contributed by atoms with Crippen LogP contribution in [0.2, 0.25) is 0 Å². The normalized spacial score (nSPS) is 13.6. The third-order valence-electron chi connectivity index (χ3n) is 3.73. The number of hydrogen-bond acceptors (Lipinski definition) is 3. The Bertz CT molecular complexity index is 692. The van der Waals surface area contributed by atoms with E-state index >= 15 is 0 Å². The van der Waals surface area contributed by atoms with Crippen LogP contribution in [0.15, 0.2) is 47.3 Å². The molecule has 122 valence electrons. The fourth-order valence-electron chi connectivity index (χ4n) is 2.62. The lowest BCUT2D eigenvalue weighted by Crippen LogP contribution is -2.56. The van der Waals surface area contributed by atoms with Crippen LogP contribution in [0.4, 0.5) is 0 Å². The van der Waals surface area contributed by atoms with Crippen molar-refractivity contribution in [1.29, 1.82) is 0 Å². The van der Waals surface area contributed by atoms with Crippen molar-refractivity contribution in [3.8, 4) is 11.1 Å². The Morgan fingerprint density at radius 1 is 1.26 bits per heavy atom. The Balaban J connectivity index is 2.23. The van der Waals surface area contributed by atoms with Gasteiger partial charge in [0.1, 0.15) is 5.54 Å². The summed E-state index contributed by atoms with van der Waals surface area (Å²) in [6.45, 7) is 5.62. The second-order valence-corrected chi connectivity index (χ2v) is 6.34. The van der Waals surface area contributed by atoms with E-state index in [-0.39, 0.29) is 11.8 Å². The van der Waals surface area contributed by atoms with E-state index < -0.39 is 11.4 Å². The van der Waals surface area contributed by atoms with Gasteiger partial charge in [-0.15, -0.1) is 0 Å². The molecule has 0 radical (unpaired) electrons. The summed E-state index contributed by atoms with van der Waals surface area (Å²) in [7, 11) is 0. The molecule has 23 heavy (non-hydrogen) atoms. The number of hydrogen-bond donors (Lipinski definition) is 2. The molecule has 0 spiro atoms. The summed E-state index contributed by atoms with van der Waals surface area (Å²) >= 11 is 0. The van der Waals surface area contributed by atoms with Gasteiger partial charge in [0, 0.05) is 11.1 Å². The molecular formula is C18H22N2O3. The zero-order chi connectivity index (χ0) is 17.0. The maximum absolute atomic E-state index is 12.5. The van der Waals surface area contributed by atoms with Gasteiger partial charge in [-0.3, -0.25) is 9.59 Å². The predicted molar refractivity (Wildman–Crippen MR) is 88.7 cm³/mol. The van der Waals surface area contributed by atoms with Crippen molar-refractivity contribution in [2.24, 2.45) is 11.7 Å². The molecule has 2 rings (SSSR count). The predicted octanol–water partition coefficient (Wildman–Crippen LogP) is 2.97. The van der Waals surface area contributed by atoms with Crippen molar-refractivity contribution in [3.63, 3.8) is 0 Å². The maximum Gasteiger partial charge on any atom is 0.252 e. The molecule has 0 aliphatic heterocycles. The molecule has 0 unspecified atom stereocenters. The van der Waals surface area contributed by atoms with Gasteiger partial charge < -0.3 is 15.5 Å². The lowest BCUT2D eigenvalue weighted by molar-refractivity contribution is -0.124. The zero-order valence-electron chi connectivity index (χ0n) is 13.6. The smallest absolute Gasteiger partial charge is 0.252 e. The van der Waals surface area contributed by atoms with Crippen LogP contribution in [0.25, 0.3) is 11.1 Å². The van der Waals surface area contributed by atoms with E-state index in [9.17, 15) is 9.59 Å². The van der Waals surface area contributed by atoms with E-state index in [4.69, 9.17) is 10.2 Å². The molecule has 2 aromatic rings. The van der Waals surface area contributed by atoms with Crippen LogP contribution in [0, 0.1) is 5.92 Å². The molecule has 0 bridgehead atoms. The zero-order valence-corrected chi connectivity index (χ0v) is 13.6. The molecular weight excluding hydrogens is 292 g/mol. The molecule has 1 aromatic carbocycles. The standard InChI is InChI=1S/C18H22N2O3/c1-12(2)10-18(3,17(19)22)20-16(21)14-6-4-5-13(9-14)15-7-8-23-11-15/h4-9,11-12H,10H2,1-3H3,(H2,19,22)(H,20,21)/t18-/m0/s1. The van der Waals surface area contributed by atoms with Crippen molar-refractivity contribution in [2.45, 2.75) is 32.7 Å². The lowest BCUT2D eigenvalue weighted by Gasteiger charge is -2.29. The first-order valence-corrected chi connectivity index (χ1v) is 7.57. The van der Waals surface area contributed by atoms with E-state index in [0.29, 0.717) is 12.0 Å². The van der Waals surface area contributed by atoms with Gasteiger partial charge in [-0.2, -0.15) is 0 Å². The second-order valence-electron chi connectivity index (χ2n) is 6.34. The molecule has 1 heterocycles. The molecule has 1 atom stereocenters. The van der Waals surface area contributed by atoms with E-state index in [1.807, 2.05) is 26.0 Å². The SMILES string of the molecule is CC(C)C[C@](C)(NC(=O)c1cccc(-c2ccoc2)c1)C(N)=O. The number of benzene rings is 1. The summed E-state index contributed by atoms with van der Waals surface area (Å²) in [4.78, 5) is 24.3. The maximum atomic E-state index is 12.5. The fourth-order valence-corrected chi connectivity index (χ4v) is 2.62. The summed E-state index contributed by atoms with van der Waals surface area (Å²) in [6.07, 6.45) is 3.67. The number of rotatable bonds is 6. The Labute approximate surface area is 135 Å². The van der Waals surface area contributed by atoms with Crippen molar-refractivity contribution >= 4 is 11.8 Å². The largest absolute Gasteiger partial charge is 0.472 e. The molecule has 3 N–H and O–H groups in total. The van der Waals surface area contributed by atoms with Crippen molar-refractivity contribution < 1.29 is 14.0 Å². The number of primary amides is 1. The minimum atomic E-state index is -1.07. The highest BCUT2D eigenvalue weighted by Gasteiger charge is 2.33. The minimum absolute atomic E-state index is 0.227. The second kappa shape index (κ2) is 6.69. The highest BCUT2D eigenvalue weighted by Crippen LogP contribution is 2.22. The molecule has 0 saturated carbocycles. The van der Waals surface area contributed by atoms with Gasteiger partial charge in [0.2, 0.25) is 5.91 Å². The summed E-state index contributed by atoms with van der Waals surface area (Å²) < 4.78 is 5.06. The van der Waals surface area contributed by atoms with E-state index in [1.165, 1.54) is 0 Å². The number of carbonyl (C=O) groups excluding carboxylic acids is 2. The van der Waals surface area contributed by atoms with Crippen molar-refractivity contribution in [2.75, 3.05) is 0 Å². The van der Waals surface area contributed by atoms with E-state index in [1.54, 1.807) is 37.6 Å². The summed E-state index contributed by atoms with van der Waals surface area (Å²) in [5, 5.41) is 2.78. The van der Waals surface area contributed by atoms with Crippen LogP contribution in [0.1, 0.15) is 37.6 Å². The number of carbonyl (C=O) groups is 2. The Morgan fingerprint density at radius 3 is 2.57 bits per heavy atom. The first-order chi connectivity index (χ1) is 10.8. The average molecular weight is 314 g/mol. The molecule has 0 aliphatic carbocycles. The topological polar surface area (TPSA) is 85.3 Å². The van der Waals surface area contributed by atoms with Crippen LogP contribution in [-0.2, 0) is 4.79 Å². The molecule has 2 amide bonds. The van der Waals surface area contributed by atoms with Crippen molar-refractivity contribution in [1.82, 2.24) is 5.32 Å². The summed E-state index contributed by atoms with van der Waals surface area (Å²) in [6, 6.07) is 8.97. The Hall–Kier alpha value is -2.56. The highest BCUT2D eigenvalue weighted by atomic mass is 16.3. The molecule has 5 heteroatoms. The van der Waals surface area contributed by atoms with E-state index in [2.05, 4.69) is 5.32 Å². The Kier molecular flexibility index (Phi) is 4.89. The van der Waals surface area contributed by atoms with Crippen LogP contribution in [0.3, 0.4) is 0 Å². The van der Waals surface area contributed by atoms with Crippen LogP contribution in [-0.4, -0.2) is 17.4 Å².